The average Bonchev–Trinajstić information content (AvgIpc) is 2.20. The highest BCUT2D eigenvalue weighted by Gasteiger charge is 2.24. The van der Waals surface area contributed by atoms with Crippen LogP contribution in [0.2, 0.25) is 0 Å². The quantitative estimate of drug-likeness (QED) is 0.534. The Morgan fingerprint density at radius 3 is 2.62 bits per heavy atom. The largest absolute Gasteiger partial charge is 0.360 e. The van der Waals surface area contributed by atoms with Gasteiger partial charge in [-0.25, -0.2) is 5.32 Å². The lowest BCUT2D eigenvalue weighted by Crippen LogP contribution is -2.54. The maximum Gasteiger partial charge on any atom is 0.125 e. The zero-order valence-corrected chi connectivity index (χ0v) is 8.28. The predicted molar refractivity (Wildman–Crippen MR) is 50.7 cm³/mol. The molecular formula is C9H18N3O. The summed E-state index contributed by atoms with van der Waals surface area (Å²) in [4.78, 5) is 4.76. The number of hydrogen-bond acceptors (Lipinski definition) is 3. The molecule has 4 heteroatoms. The van der Waals surface area contributed by atoms with Crippen LogP contribution in [0.25, 0.3) is 0 Å². The van der Waals surface area contributed by atoms with E-state index in [1.54, 1.807) is 0 Å². The highest BCUT2D eigenvalue weighted by Crippen LogP contribution is 2.08. The van der Waals surface area contributed by atoms with Crippen molar-refractivity contribution in [2.45, 2.75) is 6.23 Å². The normalized spacial score (nSPS) is 33.5. The van der Waals surface area contributed by atoms with Crippen molar-refractivity contribution in [3.8, 4) is 0 Å². The van der Waals surface area contributed by atoms with Crippen LogP contribution in [0.5, 0.6) is 0 Å². The summed E-state index contributed by atoms with van der Waals surface area (Å²) in [6.07, 6.45) is 0.266. The van der Waals surface area contributed by atoms with Crippen LogP contribution in [0, 0.1) is 0 Å². The molecule has 1 unspecified atom stereocenters. The van der Waals surface area contributed by atoms with Gasteiger partial charge >= 0.3 is 0 Å². The minimum absolute atomic E-state index is 0.266. The average molecular weight is 184 g/mol. The standard InChI is InChI=1S/C9H18N3O/c1-11-3-5-12(6-4-11)9-8-10-2-7-13-9/h9H,2-8H2,1H3. The van der Waals surface area contributed by atoms with Gasteiger partial charge in [0.05, 0.1) is 13.2 Å². The smallest absolute Gasteiger partial charge is 0.125 e. The molecule has 0 spiro atoms. The van der Waals surface area contributed by atoms with Crippen LogP contribution in [0.15, 0.2) is 0 Å². The van der Waals surface area contributed by atoms with Gasteiger partial charge in [0, 0.05) is 32.7 Å². The van der Waals surface area contributed by atoms with Crippen LogP contribution in [0.4, 0.5) is 0 Å². The number of likely N-dealkylation sites (N-methyl/N-ethyl adjacent to an activating group) is 1. The summed E-state index contributed by atoms with van der Waals surface area (Å²) in [5.41, 5.74) is 0. The molecule has 0 aliphatic carbocycles. The van der Waals surface area contributed by atoms with E-state index in [-0.39, 0.29) is 6.23 Å². The molecule has 0 N–H and O–H groups in total. The van der Waals surface area contributed by atoms with Crippen molar-refractivity contribution in [1.29, 1.82) is 0 Å². The lowest BCUT2D eigenvalue weighted by atomic mass is 10.3. The van der Waals surface area contributed by atoms with E-state index in [9.17, 15) is 0 Å². The molecule has 13 heavy (non-hydrogen) atoms. The van der Waals surface area contributed by atoms with Gasteiger partial charge in [-0.05, 0) is 7.05 Å². The van der Waals surface area contributed by atoms with E-state index in [2.05, 4.69) is 22.2 Å². The van der Waals surface area contributed by atoms with Crippen LogP contribution < -0.4 is 5.32 Å². The van der Waals surface area contributed by atoms with Gasteiger partial charge in [0.2, 0.25) is 0 Å². The molecule has 0 aromatic heterocycles. The molecular weight excluding hydrogens is 166 g/mol. The van der Waals surface area contributed by atoms with Gasteiger partial charge in [0.15, 0.2) is 0 Å². The number of nitrogens with zero attached hydrogens (tertiary/aromatic N) is 3. The molecule has 0 aromatic carbocycles. The molecule has 2 rings (SSSR count). The van der Waals surface area contributed by atoms with Crippen molar-refractivity contribution in [3.63, 3.8) is 0 Å². The fraction of sp³-hybridized carbons (Fsp3) is 1.00. The second-order valence-corrected chi connectivity index (χ2v) is 3.79. The Morgan fingerprint density at radius 1 is 1.23 bits per heavy atom. The maximum absolute atomic E-state index is 5.67. The van der Waals surface area contributed by atoms with Gasteiger partial charge in [-0.3, -0.25) is 4.90 Å². The highest BCUT2D eigenvalue weighted by molar-refractivity contribution is 4.75. The van der Waals surface area contributed by atoms with Crippen LogP contribution in [-0.4, -0.2) is 69.0 Å². The van der Waals surface area contributed by atoms with Crippen molar-refractivity contribution >= 4 is 0 Å². The Kier molecular flexibility index (Phi) is 3.16. The van der Waals surface area contributed by atoms with Crippen molar-refractivity contribution in [2.24, 2.45) is 0 Å². The first-order valence-corrected chi connectivity index (χ1v) is 5.04. The molecule has 2 heterocycles. The van der Waals surface area contributed by atoms with E-state index in [4.69, 9.17) is 4.74 Å². The zero-order chi connectivity index (χ0) is 9.10. The molecule has 1 radical (unpaired) electrons. The molecule has 2 saturated heterocycles. The third kappa shape index (κ3) is 2.40. The topological polar surface area (TPSA) is 29.8 Å². The third-order valence-electron chi connectivity index (χ3n) is 2.79. The number of morpholine rings is 1. The van der Waals surface area contributed by atoms with Crippen molar-refractivity contribution in [1.82, 2.24) is 15.1 Å². The minimum Gasteiger partial charge on any atom is -0.360 e. The number of piperazine rings is 1. The molecule has 0 aromatic rings. The summed E-state index contributed by atoms with van der Waals surface area (Å²) in [6, 6.07) is 0. The van der Waals surface area contributed by atoms with Gasteiger partial charge in [0.25, 0.3) is 0 Å². The zero-order valence-electron chi connectivity index (χ0n) is 8.28. The summed E-state index contributed by atoms with van der Waals surface area (Å²) in [5.74, 6) is 0. The van der Waals surface area contributed by atoms with Crippen LogP contribution >= 0.6 is 0 Å². The molecule has 1 atom stereocenters. The summed E-state index contributed by atoms with van der Waals surface area (Å²) in [5, 5.41) is 4.37. The van der Waals surface area contributed by atoms with Gasteiger partial charge in [-0.1, -0.05) is 0 Å². The first-order chi connectivity index (χ1) is 6.36. The summed E-state index contributed by atoms with van der Waals surface area (Å²) < 4.78 is 5.67. The molecule has 0 saturated carbocycles. The van der Waals surface area contributed by atoms with Crippen LogP contribution in [0.3, 0.4) is 0 Å². The van der Waals surface area contributed by atoms with Crippen molar-refractivity contribution in [2.75, 3.05) is 52.9 Å². The van der Waals surface area contributed by atoms with E-state index in [1.165, 1.54) is 0 Å². The van der Waals surface area contributed by atoms with Gasteiger partial charge in [0.1, 0.15) is 6.23 Å². The van der Waals surface area contributed by atoms with Gasteiger partial charge in [-0.15, -0.1) is 0 Å². The molecule has 2 aliphatic rings. The van der Waals surface area contributed by atoms with E-state index >= 15 is 0 Å². The van der Waals surface area contributed by atoms with Gasteiger partial charge in [-0.2, -0.15) is 0 Å². The summed E-state index contributed by atoms with van der Waals surface area (Å²) in [7, 11) is 2.17. The summed E-state index contributed by atoms with van der Waals surface area (Å²) >= 11 is 0. The summed E-state index contributed by atoms with van der Waals surface area (Å²) in [6.45, 7) is 7.10. The van der Waals surface area contributed by atoms with E-state index < -0.39 is 0 Å². The number of rotatable bonds is 1. The fourth-order valence-corrected chi connectivity index (χ4v) is 1.84. The highest BCUT2D eigenvalue weighted by atomic mass is 16.5. The molecule has 0 amide bonds. The molecule has 75 valence electrons. The predicted octanol–water partition coefficient (Wildman–Crippen LogP) is -0.805. The van der Waals surface area contributed by atoms with Gasteiger partial charge < -0.3 is 9.64 Å². The van der Waals surface area contributed by atoms with Crippen LogP contribution in [-0.2, 0) is 4.74 Å². The Morgan fingerprint density at radius 2 is 2.00 bits per heavy atom. The Hall–Kier alpha value is -0.160. The van der Waals surface area contributed by atoms with Crippen LogP contribution in [0.1, 0.15) is 0 Å². The molecule has 2 aliphatic heterocycles. The van der Waals surface area contributed by atoms with E-state index in [0.29, 0.717) is 0 Å². The van der Waals surface area contributed by atoms with E-state index in [1.807, 2.05) is 0 Å². The lowest BCUT2D eigenvalue weighted by molar-refractivity contribution is -0.0885. The number of hydrogen-bond donors (Lipinski definition) is 0. The first-order valence-electron chi connectivity index (χ1n) is 5.04. The SMILES string of the molecule is CN1CCN(C2C[N]CCO2)CC1. The molecule has 0 bridgehead atoms. The Labute approximate surface area is 79.8 Å². The minimum atomic E-state index is 0.266. The van der Waals surface area contributed by atoms with Crippen molar-refractivity contribution in [3.05, 3.63) is 0 Å². The molecule has 4 nitrogen and oxygen atoms in total. The van der Waals surface area contributed by atoms with Crippen molar-refractivity contribution < 1.29 is 4.74 Å². The fourth-order valence-electron chi connectivity index (χ4n) is 1.84. The third-order valence-corrected chi connectivity index (χ3v) is 2.79. The lowest BCUT2D eigenvalue weighted by Gasteiger charge is -2.38. The second-order valence-electron chi connectivity index (χ2n) is 3.79. The molecule has 2 fully saturated rings. The number of ether oxygens (including phenoxy) is 1. The Bertz CT molecular complexity index is 151. The Balaban J connectivity index is 1.79. The maximum atomic E-state index is 5.67. The monoisotopic (exact) mass is 184 g/mol. The first kappa shape index (κ1) is 9.40. The van der Waals surface area contributed by atoms with E-state index in [0.717, 1.165) is 45.9 Å². The second kappa shape index (κ2) is 4.37.